The highest BCUT2D eigenvalue weighted by Gasteiger charge is 2.51. The minimum atomic E-state index is -3.94. The maximum atomic E-state index is 14.7. The molecule has 0 fully saturated rings. The Morgan fingerprint density at radius 2 is 1.78 bits per heavy atom. The molecule has 0 atom stereocenters. The minimum Gasteiger partial charge on any atom is -0.396 e. The molecule has 8 heteroatoms. The van der Waals surface area contributed by atoms with Crippen molar-refractivity contribution in [3.05, 3.63) is 74.6 Å². The zero-order valence-corrected chi connectivity index (χ0v) is 13.7. The maximum absolute atomic E-state index is 14.7. The van der Waals surface area contributed by atoms with Crippen molar-refractivity contribution in [3.63, 3.8) is 0 Å². The highest BCUT2D eigenvalue weighted by molar-refractivity contribution is 6.57. The molecule has 2 aliphatic heterocycles. The molecule has 0 bridgehead atoms. The lowest BCUT2D eigenvalue weighted by atomic mass is 9.86. The molecule has 2 aliphatic rings. The number of halogens is 5. The number of hydrogen-bond acceptors (Lipinski definition) is 0. The molecule has 3 heterocycles. The van der Waals surface area contributed by atoms with Gasteiger partial charge in [0.1, 0.15) is 6.21 Å². The largest absolute Gasteiger partial charge is 0.737 e. The van der Waals surface area contributed by atoms with Crippen LogP contribution in [0.3, 0.4) is 0 Å². The Morgan fingerprint density at radius 3 is 2.48 bits per heavy atom. The molecule has 4 rings (SSSR count). The molecule has 0 spiro atoms. The lowest BCUT2D eigenvalue weighted by Gasteiger charge is -2.31. The molecule has 23 heavy (non-hydrogen) atoms. The van der Waals surface area contributed by atoms with Crippen molar-refractivity contribution in [2.45, 2.75) is 0 Å². The van der Waals surface area contributed by atoms with Crippen LogP contribution < -0.4 is 0 Å². The number of allylic oxidation sites excluding steroid dienone is 2. The summed E-state index contributed by atoms with van der Waals surface area (Å²) in [6, 6.07) is 6.31. The summed E-state index contributed by atoms with van der Waals surface area (Å²) >= 11 is 18.6. The van der Waals surface area contributed by atoms with Gasteiger partial charge < -0.3 is 17.6 Å². The Kier molecular flexibility index (Phi) is 3.24. The third-order valence-electron chi connectivity index (χ3n) is 4.00. The van der Waals surface area contributed by atoms with Gasteiger partial charge in [0.25, 0.3) is 0 Å². The Labute approximate surface area is 145 Å². The Hall–Kier alpha value is -1.56. The van der Waals surface area contributed by atoms with Crippen LogP contribution in [0.4, 0.5) is 8.63 Å². The molecule has 116 valence electrons. The van der Waals surface area contributed by atoms with E-state index in [1.165, 1.54) is 12.4 Å². The summed E-state index contributed by atoms with van der Waals surface area (Å²) in [5.41, 5.74) is 1.78. The Balaban J connectivity index is 2.10. The standard InChI is InChI=1S/C15H8BCl3F2N2/c17-9-7-10(18)14(11(19)8-9)15-12-3-1-5-22(12)16(20,21)23-6-2-4-13(15)23/h1-8H. The third-order valence-corrected chi connectivity index (χ3v) is 4.81. The zero-order chi connectivity index (χ0) is 16.4. The normalized spacial score (nSPS) is 18.0. The maximum Gasteiger partial charge on any atom is 0.737 e. The zero-order valence-electron chi connectivity index (χ0n) is 11.5. The number of aromatic nitrogens is 1. The SMILES string of the molecule is F[B-]1(F)n2cccc2C(c2c(Cl)cc(Cl)cc2Cl)=C2C=CC=[N+]21. The second-order valence-electron chi connectivity index (χ2n) is 5.31. The first-order valence-corrected chi connectivity index (χ1v) is 7.93. The topological polar surface area (TPSA) is 7.94 Å². The minimum absolute atomic E-state index is 0.315. The number of fused-ring (bicyclic) bond motifs is 2. The summed E-state index contributed by atoms with van der Waals surface area (Å²) in [6.45, 7) is -3.94. The van der Waals surface area contributed by atoms with Gasteiger partial charge in [-0.1, -0.05) is 34.8 Å². The van der Waals surface area contributed by atoms with E-state index in [9.17, 15) is 8.63 Å². The van der Waals surface area contributed by atoms with Crippen LogP contribution in [0.25, 0.3) is 5.57 Å². The van der Waals surface area contributed by atoms with E-state index >= 15 is 0 Å². The van der Waals surface area contributed by atoms with Crippen LogP contribution in [-0.4, -0.2) is 22.1 Å². The first kappa shape index (κ1) is 15.0. The lowest BCUT2D eigenvalue weighted by molar-refractivity contribution is -0.356. The van der Waals surface area contributed by atoms with E-state index in [-0.39, 0.29) is 0 Å². The molecule has 0 N–H and O–H groups in total. The predicted octanol–water partition coefficient (Wildman–Crippen LogP) is 5.10. The summed E-state index contributed by atoms with van der Waals surface area (Å²) in [5.74, 6) is 0. The molecule has 1 aromatic carbocycles. The molecule has 0 amide bonds. The summed E-state index contributed by atoms with van der Waals surface area (Å²) in [6.07, 6.45) is 5.92. The van der Waals surface area contributed by atoms with E-state index < -0.39 is 6.97 Å². The molecule has 0 saturated heterocycles. The van der Waals surface area contributed by atoms with E-state index in [2.05, 4.69) is 0 Å². The van der Waals surface area contributed by atoms with Crippen molar-refractivity contribution in [3.8, 4) is 0 Å². The van der Waals surface area contributed by atoms with E-state index in [0.29, 0.717) is 37.6 Å². The van der Waals surface area contributed by atoms with Crippen LogP contribution in [0.15, 0.2) is 48.3 Å². The van der Waals surface area contributed by atoms with E-state index in [1.807, 2.05) is 0 Å². The predicted molar refractivity (Wildman–Crippen MR) is 90.8 cm³/mol. The average molecular weight is 371 g/mol. The van der Waals surface area contributed by atoms with Gasteiger partial charge in [-0.3, -0.25) is 0 Å². The molecule has 0 saturated carbocycles. The molecular formula is C15H8BCl3F2N2. The van der Waals surface area contributed by atoms with Gasteiger partial charge in [0.05, 0.1) is 15.6 Å². The van der Waals surface area contributed by atoms with Gasteiger partial charge in [0.2, 0.25) is 0 Å². The van der Waals surface area contributed by atoms with Gasteiger partial charge >= 0.3 is 6.97 Å². The fourth-order valence-electron chi connectivity index (χ4n) is 3.06. The Bertz CT molecular complexity index is 921. The van der Waals surface area contributed by atoms with Gasteiger partial charge in [0, 0.05) is 28.4 Å². The molecular weight excluding hydrogens is 363 g/mol. The molecule has 0 radical (unpaired) electrons. The van der Waals surface area contributed by atoms with Crippen LogP contribution in [0.5, 0.6) is 0 Å². The van der Waals surface area contributed by atoms with Crippen LogP contribution in [0.2, 0.25) is 15.1 Å². The first-order valence-electron chi connectivity index (χ1n) is 6.80. The quantitative estimate of drug-likeness (QED) is 0.617. The molecule has 2 aromatic rings. The third kappa shape index (κ3) is 2.04. The van der Waals surface area contributed by atoms with Crippen LogP contribution in [0.1, 0.15) is 11.3 Å². The fraction of sp³-hybridized carbons (Fsp3) is 0. The van der Waals surface area contributed by atoms with E-state index in [1.54, 1.807) is 36.4 Å². The highest BCUT2D eigenvalue weighted by Crippen LogP contribution is 2.43. The Morgan fingerprint density at radius 1 is 1.09 bits per heavy atom. The molecule has 0 aliphatic carbocycles. The van der Waals surface area contributed by atoms with Crippen molar-refractivity contribution in [1.82, 2.24) is 4.48 Å². The van der Waals surface area contributed by atoms with Gasteiger partial charge in [-0.15, -0.1) is 0 Å². The van der Waals surface area contributed by atoms with Crippen molar-refractivity contribution in [1.29, 1.82) is 0 Å². The highest BCUT2D eigenvalue weighted by atomic mass is 35.5. The number of nitrogens with zero attached hydrogens (tertiary/aromatic N) is 2. The van der Waals surface area contributed by atoms with Crippen LogP contribution in [0, 0.1) is 0 Å². The van der Waals surface area contributed by atoms with Gasteiger partial charge in [-0.2, -0.15) is 0 Å². The van der Waals surface area contributed by atoms with Crippen molar-refractivity contribution >= 4 is 53.6 Å². The van der Waals surface area contributed by atoms with Gasteiger partial charge in [-0.25, -0.2) is 0 Å². The first-order chi connectivity index (χ1) is 10.9. The molecule has 1 aromatic heterocycles. The summed E-state index contributed by atoms with van der Waals surface area (Å²) in [7, 11) is 0. The van der Waals surface area contributed by atoms with E-state index in [0.717, 1.165) is 8.96 Å². The molecule has 2 nitrogen and oxygen atoms in total. The summed E-state index contributed by atoms with van der Waals surface area (Å²) < 4.78 is 31.3. The monoisotopic (exact) mass is 370 g/mol. The van der Waals surface area contributed by atoms with Crippen LogP contribution in [-0.2, 0) is 0 Å². The summed E-state index contributed by atoms with van der Waals surface area (Å²) in [5, 5.41) is 1.02. The summed E-state index contributed by atoms with van der Waals surface area (Å²) in [4.78, 5) is 0. The number of benzene rings is 1. The van der Waals surface area contributed by atoms with Crippen molar-refractivity contribution in [2.75, 3.05) is 0 Å². The lowest BCUT2D eigenvalue weighted by Crippen LogP contribution is -2.49. The van der Waals surface area contributed by atoms with Crippen LogP contribution >= 0.6 is 34.8 Å². The number of hydrogen-bond donors (Lipinski definition) is 0. The van der Waals surface area contributed by atoms with Crippen molar-refractivity contribution in [2.24, 2.45) is 0 Å². The molecule has 0 unspecified atom stereocenters. The van der Waals surface area contributed by atoms with Gasteiger partial charge in [0.15, 0.2) is 5.70 Å². The van der Waals surface area contributed by atoms with Crippen molar-refractivity contribution < 1.29 is 13.1 Å². The second-order valence-corrected chi connectivity index (χ2v) is 6.56. The van der Waals surface area contributed by atoms with Gasteiger partial charge in [-0.05, 0) is 30.5 Å². The average Bonchev–Trinajstić information content (AvgIpc) is 3.11. The fourth-order valence-corrected chi connectivity index (χ4v) is 4.06. The number of rotatable bonds is 1. The smallest absolute Gasteiger partial charge is 0.396 e. The second kappa shape index (κ2) is 4.97. The van der Waals surface area contributed by atoms with E-state index in [4.69, 9.17) is 34.8 Å².